The molecule has 0 spiro atoms. The quantitative estimate of drug-likeness (QED) is 0.877. The molecular formula is C12H15N5O2. The van der Waals surface area contributed by atoms with Crippen LogP contribution in [0.25, 0.3) is 0 Å². The van der Waals surface area contributed by atoms with Gasteiger partial charge in [0, 0.05) is 31.5 Å². The van der Waals surface area contributed by atoms with E-state index < -0.39 is 0 Å². The van der Waals surface area contributed by atoms with Crippen molar-refractivity contribution in [2.75, 3.05) is 18.4 Å². The van der Waals surface area contributed by atoms with Crippen LogP contribution in [0, 0.1) is 6.92 Å². The number of nitrogens with zero attached hydrogens (tertiary/aromatic N) is 4. The third-order valence-corrected chi connectivity index (χ3v) is 3.09. The van der Waals surface area contributed by atoms with Crippen molar-refractivity contribution in [3.8, 4) is 0 Å². The van der Waals surface area contributed by atoms with Crippen molar-refractivity contribution >= 4 is 11.7 Å². The number of aryl methyl sites for hydroxylation is 1. The summed E-state index contributed by atoms with van der Waals surface area (Å²) < 4.78 is 7.01. The van der Waals surface area contributed by atoms with Crippen molar-refractivity contribution < 1.29 is 9.32 Å². The Labute approximate surface area is 110 Å². The second kappa shape index (κ2) is 4.85. The van der Waals surface area contributed by atoms with Gasteiger partial charge in [-0.3, -0.25) is 9.69 Å². The molecule has 0 aromatic carbocycles. The predicted molar refractivity (Wildman–Crippen MR) is 67.4 cm³/mol. The van der Waals surface area contributed by atoms with Gasteiger partial charge >= 0.3 is 0 Å². The van der Waals surface area contributed by atoms with E-state index in [1.54, 1.807) is 19.2 Å². The van der Waals surface area contributed by atoms with Crippen molar-refractivity contribution in [1.82, 2.24) is 19.6 Å². The Morgan fingerprint density at radius 2 is 2.42 bits per heavy atom. The second-order valence-electron chi connectivity index (χ2n) is 4.62. The van der Waals surface area contributed by atoms with Crippen LogP contribution >= 0.6 is 0 Å². The van der Waals surface area contributed by atoms with Gasteiger partial charge in [-0.1, -0.05) is 5.16 Å². The molecule has 3 rings (SSSR count). The number of anilines is 1. The molecule has 1 aliphatic heterocycles. The van der Waals surface area contributed by atoms with E-state index in [1.807, 2.05) is 6.20 Å². The summed E-state index contributed by atoms with van der Waals surface area (Å²) in [4.78, 5) is 18.2. The fraction of sp³-hybridized carbons (Fsp3) is 0.417. The van der Waals surface area contributed by atoms with Crippen LogP contribution < -0.4 is 5.32 Å². The second-order valence-corrected chi connectivity index (χ2v) is 4.62. The molecule has 0 fully saturated rings. The number of hydrogen-bond acceptors (Lipinski definition) is 5. The molecule has 3 heterocycles. The third kappa shape index (κ3) is 2.65. The molecule has 19 heavy (non-hydrogen) atoms. The average Bonchev–Trinajstić information content (AvgIpc) is 2.97. The minimum Gasteiger partial charge on any atom is -0.360 e. The normalized spacial score (nSPS) is 15.2. The fourth-order valence-corrected chi connectivity index (χ4v) is 2.17. The highest BCUT2D eigenvalue weighted by Crippen LogP contribution is 2.11. The largest absolute Gasteiger partial charge is 0.360 e. The molecule has 2 aromatic heterocycles. The summed E-state index contributed by atoms with van der Waals surface area (Å²) in [6.45, 7) is 4.52. The first-order valence-corrected chi connectivity index (χ1v) is 6.16. The Kier molecular flexibility index (Phi) is 3.04. The lowest BCUT2D eigenvalue weighted by Gasteiger charge is -2.26. The van der Waals surface area contributed by atoms with Crippen molar-refractivity contribution in [2.24, 2.45) is 0 Å². The van der Waals surface area contributed by atoms with Gasteiger partial charge in [-0.15, -0.1) is 0 Å². The summed E-state index contributed by atoms with van der Waals surface area (Å²) in [6, 6.07) is 1.70. The summed E-state index contributed by atoms with van der Waals surface area (Å²) in [5, 5.41) is 6.45. The average molecular weight is 261 g/mol. The summed E-state index contributed by atoms with van der Waals surface area (Å²) >= 11 is 0. The molecule has 0 radical (unpaired) electrons. The highest BCUT2D eigenvalue weighted by atomic mass is 16.5. The van der Waals surface area contributed by atoms with Gasteiger partial charge in [-0.2, -0.15) is 0 Å². The van der Waals surface area contributed by atoms with E-state index in [-0.39, 0.29) is 5.91 Å². The number of imidazole rings is 1. The molecule has 0 unspecified atom stereocenters. The van der Waals surface area contributed by atoms with Crippen LogP contribution in [0.4, 0.5) is 5.82 Å². The monoisotopic (exact) mass is 261 g/mol. The predicted octanol–water partition coefficient (Wildman–Crippen LogP) is 0.634. The van der Waals surface area contributed by atoms with Crippen molar-refractivity contribution in [3.05, 3.63) is 30.0 Å². The van der Waals surface area contributed by atoms with Gasteiger partial charge in [0.05, 0.1) is 13.1 Å². The summed E-state index contributed by atoms with van der Waals surface area (Å²) in [7, 11) is 0. The summed E-state index contributed by atoms with van der Waals surface area (Å²) in [5.74, 6) is 2.04. The molecule has 0 aliphatic carbocycles. The van der Waals surface area contributed by atoms with Crippen LogP contribution in [-0.2, 0) is 17.9 Å². The molecule has 100 valence electrons. The fourth-order valence-electron chi connectivity index (χ4n) is 2.17. The van der Waals surface area contributed by atoms with Gasteiger partial charge in [0.1, 0.15) is 11.6 Å². The van der Waals surface area contributed by atoms with Gasteiger partial charge < -0.3 is 14.4 Å². The Bertz CT molecular complexity index is 588. The first-order chi connectivity index (χ1) is 9.20. The third-order valence-electron chi connectivity index (χ3n) is 3.09. The SMILES string of the molecule is Cc1cc(NC(=O)CN2CCn3ccnc3C2)no1. The van der Waals surface area contributed by atoms with Gasteiger partial charge in [-0.25, -0.2) is 4.98 Å². The zero-order valence-electron chi connectivity index (χ0n) is 10.7. The van der Waals surface area contributed by atoms with Crippen LogP contribution in [0.15, 0.2) is 23.0 Å². The van der Waals surface area contributed by atoms with Crippen LogP contribution in [0.5, 0.6) is 0 Å². The first-order valence-electron chi connectivity index (χ1n) is 6.16. The lowest BCUT2D eigenvalue weighted by molar-refractivity contribution is -0.117. The summed E-state index contributed by atoms with van der Waals surface area (Å²) in [5.41, 5.74) is 0. The van der Waals surface area contributed by atoms with Crippen LogP contribution in [0.1, 0.15) is 11.6 Å². The Morgan fingerprint density at radius 3 is 3.21 bits per heavy atom. The summed E-state index contributed by atoms with van der Waals surface area (Å²) in [6.07, 6.45) is 3.75. The van der Waals surface area contributed by atoms with E-state index >= 15 is 0 Å². The Balaban J connectivity index is 1.56. The van der Waals surface area contributed by atoms with E-state index in [0.29, 0.717) is 24.7 Å². The number of carbonyl (C=O) groups excluding carboxylic acids is 1. The lowest BCUT2D eigenvalue weighted by Crippen LogP contribution is -2.39. The van der Waals surface area contributed by atoms with Gasteiger partial charge in [0.25, 0.3) is 0 Å². The first kappa shape index (κ1) is 11.9. The minimum atomic E-state index is -0.0895. The van der Waals surface area contributed by atoms with Crippen molar-refractivity contribution in [1.29, 1.82) is 0 Å². The maximum absolute atomic E-state index is 11.9. The van der Waals surface area contributed by atoms with Crippen LogP contribution in [0.2, 0.25) is 0 Å². The lowest BCUT2D eigenvalue weighted by atomic mass is 10.3. The molecule has 7 heteroatoms. The number of fused-ring (bicyclic) bond motifs is 1. The molecule has 2 aromatic rings. The molecule has 0 saturated carbocycles. The molecule has 1 N–H and O–H groups in total. The number of amides is 1. The molecule has 1 amide bonds. The van der Waals surface area contributed by atoms with E-state index in [1.165, 1.54) is 0 Å². The van der Waals surface area contributed by atoms with Crippen LogP contribution in [0.3, 0.4) is 0 Å². The Hall–Kier alpha value is -2.15. The minimum absolute atomic E-state index is 0.0895. The van der Waals surface area contributed by atoms with E-state index in [9.17, 15) is 4.79 Å². The highest BCUT2D eigenvalue weighted by molar-refractivity contribution is 5.91. The number of aromatic nitrogens is 3. The molecular weight excluding hydrogens is 246 g/mol. The molecule has 0 saturated heterocycles. The van der Waals surface area contributed by atoms with Crippen LogP contribution in [-0.4, -0.2) is 38.6 Å². The number of carbonyl (C=O) groups is 1. The topological polar surface area (TPSA) is 76.2 Å². The maximum Gasteiger partial charge on any atom is 0.239 e. The molecule has 7 nitrogen and oxygen atoms in total. The van der Waals surface area contributed by atoms with Gasteiger partial charge in [0.15, 0.2) is 5.82 Å². The van der Waals surface area contributed by atoms with E-state index in [2.05, 4.69) is 24.9 Å². The zero-order valence-corrected chi connectivity index (χ0v) is 10.7. The molecule has 0 bridgehead atoms. The van der Waals surface area contributed by atoms with Crippen molar-refractivity contribution in [2.45, 2.75) is 20.0 Å². The number of rotatable bonds is 3. The highest BCUT2D eigenvalue weighted by Gasteiger charge is 2.19. The van der Waals surface area contributed by atoms with Gasteiger partial charge in [-0.05, 0) is 6.92 Å². The molecule has 0 atom stereocenters. The number of hydrogen-bond donors (Lipinski definition) is 1. The number of nitrogens with one attached hydrogen (secondary N) is 1. The Morgan fingerprint density at radius 1 is 1.53 bits per heavy atom. The van der Waals surface area contributed by atoms with E-state index in [4.69, 9.17) is 4.52 Å². The zero-order chi connectivity index (χ0) is 13.2. The van der Waals surface area contributed by atoms with Crippen molar-refractivity contribution in [3.63, 3.8) is 0 Å². The van der Waals surface area contributed by atoms with Gasteiger partial charge in [0.2, 0.25) is 5.91 Å². The van der Waals surface area contributed by atoms with E-state index in [0.717, 1.165) is 18.9 Å². The smallest absolute Gasteiger partial charge is 0.239 e. The standard InChI is InChI=1S/C12H15N5O2/c1-9-6-10(15-19-9)14-12(18)8-16-4-5-17-3-2-13-11(17)7-16/h2-3,6H,4-5,7-8H2,1H3,(H,14,15,18). The molecule has 1 aliphatic rings. The maximum atomic E-state index is 11.9.